The minimum Gasteiger partial charge on any atom is -0.444 e. The molecule has 7 N–H and O–H groups in total. The molecule has 0 bridgehead atoms. The highest BCUT2D eigenvalue weighted by molar-refractivity contribution is 5.67. The summed E-state index contributed by atoms with van der Waals surface area (Å²) >= 11 is 0. The molecule has 2 heterocycles. The number of amides is 1. The Morgan fingerprint density at radius 2 is 0.719 bits per heavy atom. The van der Waals surface area contributed by atoms with Gasteiger partial charge in [0, 0.05) is 18.6 Å². The van der Waals surface area contributed by atoms with Crippen LogP contribution in [0.1, 0.15) is 66.1 Å². The second-order valence-electron chi connectivity index (χ2n) is 23.9. The fraction of sp³-hybridized carbons (Fsp3) is 0.403. The number of nitrogens with two attached hydrogens (primary N) is 3. The fourth-order valence-electron chi connectivity index (χ4n) is 11.4. The van der Waals surface area contributed by atoms with Crippen LogP contribution in [-0.4, -0.2) is 117 Å². The quantitative estimate of drug-likeness (QED) is 0.0359. The minimum atomic E-state index is -1.25. The van der Waals surface area contributed by atoms with Crippen molar-refractivity contribution in [2.45, 2.75) is 171 Å². The Kier molecular flexibility index (Phi) is 24.1. The fourth-order valence-corrected chi connectivity index (χ4v) is 11.4. The molecule has 0 spiro atoms. The lowest BCUT2D eigenvalue weighted by Crippen LogP contribution is -2.69. The lowest BCUT2D eigenvalue weighted by atomic mass is 9.84. The number of ether oxygens (including phenoxy) is 12. The molecule has 1 amide bonds. The number of hydrogen-bond donors (Lipinski definition) is 4. The standard InChI is InChI=1S/C72H86N4O13/c1-72(2,3)89-71(77)76-40-58-64(80-43-51-29-15-6-16-30-51)67(83-46-54-35-21-9-22-36-54)68(84-47-55-37-23-10-24-38-55)70(85-58)88-62-57(74)39-56(73)61(66(62)82-45-53-33-19-8-20-34-53)87-69-65(81-44-52-31-17-7-18-32-52)60(75)63(79-42-50-27-13-5-14-28-50)59(86-69)48-78-41-49-25-11-4-12-26-49/h4-38,56-70H,39-48,73-75H2,1-3H3,(H,76,77)/t56-,57+,58-,59-,60?,61+,62-,63-,64-,65-,66-,67+,68-,69-,70-/m1/s1. The van der Waals surface area contributed by atoms with E-state index in [4.69, 9.17) is 74.0 Å². The van der Waals surface area contributed by atoms with Crippen molar-refractivity contribution >= 4 is 6.09 Å². The second-order valence-corrected chi connectivity index (χ2v) is 23.9. The van der Waals surface area contributed by atoms with Crippen LogP contribution in [0.5, 0.6) is 0 Å². The van der Waals surface area contributed by atoms with Crippen LogP contribution in [0.25, 0.3) is 0 Å². The van der Waals surface area contributed by atoms with Gasteiger partial charge in [-0.25, -0.2) is 4.79 Å². The molecular weight excluding hydrogens is 1130 g/mol. The highest BCUT2D eigenvalue weighted by Gasteiger charge is 2.55. The van der Waals surface area contributed by atoms with E-state index in [1.807, 2.05) is 212 Å². The zero-order chi connectivity index (χ0) is 61.8. The molecule has 1 saturated carbocycles. The van der Waals surface area contributed by atoms with Crippen LogP contribution in [0.4, 0.5) is 4.79 Å². The van der Waals surface area contributed by atoms with E-state index in [0.717, 1.165) is 38.9 Å². The Morgan fingerprint density at radius 3 is 1.11 bits per heavy atom. The maximum Gasteiger partial charge on any atom is 0.407 e. The van der Waals surface area contributed by atoms with E-state index in [9.17, 15) is 4.79 Å². The van der Waals surface area contributed by atoms with Gasteiger partial charge in [0.05, 0.1) is 58.9 Å². The van der Waals surface area contributed by atoms with Gasteiger partial charge in [0.1, 0.15) is 66.6 Å². The predicted molar refractivity (Wildman–Crippen MR) is 336 cm³/mol. The molecule has 3 aliphatic rings. The smallest absolute Gasteiger partial charge is 0.407 e. The maximum absolute atomic E-state index is 13.6. The Hall–Kier alpha value is -6.75. The number of nitrogens with one attached hydrogen (secondary N) is 1. The first-order chi connectivity index (χ1) is 43.4. The van der Waals surface area contributed by atoms with Crippen molar-refractivity contribution in [3.63, 3.8) is 0 Å². The number of hydrogen-bond acceptors (Lipinski definition) is 16. The van der Waals surface area contributed by atoms with Crippen molar-refractivity contribution < 1.29 is 61.6 Å². The molecule has 7 aromatic carbocycles. The van der Waals surface area contributed by atoms with Crippen LogP contribution < -0.4 is 22.5 Å². The molecule has 17 nitrogen and oxygen atoms in total. The third kappa shape index (κ3) is 19.1. The molecule has 472 valence electrons. The lowest BCUT2D eigenvalue weighted by molar-refractivity contribution is -0.351. The summed E-state index contributed by atoms with van der Waals surface area (Å²) in [6.07, 6.45) is -11.8. The molecule has 7 aromatic rings. The average molecular weight is 1220 g/mol. The monoisotopic (exact) mass is 1210 g/mol. The second kappa shape index (κ2) is 32.8. The SMILES string of the molecule is CC(C)(C)OC(=O)NC[C@H]1O[C@H](O[C@H]2[C@H](OCc3ccccc3)[C@@H](O[C@H]3O[C@H](COCc4ccccc4)[C@@H](OCc4ccccc4)C(N)[C@H]3OCc3ccccc3)[C@H](N)C[C@@H]2N)[C@H](OCc2ccccc2)[C@@H](OCc2ccccc2)[C@@H]1OCc1ccccc1. The van der Waals surface area contributed by atoms with Crippen LogP contribution in [0.2, 0.25) is 0 Å². The molecule has 0 radical (unpaired) electrons. The highest BCUT2D eigenvalue weighted by atomic mass is 16.7. The Morgan fingerprint density at radius 1 is 0.404 bits per heavy atom. The molecule has 0 aromatic heterocycles. The molecule has 10 rings (SSSR count). The first kappa shape index (κ1) is 65.2. The van der Waals surface area contributed by atoms with Gasteiger partial charge < -0.3 is 79.4 Å². The van der Waals surface area contributed by atoms with E-state index in [2.05, 4.69) is 5.32 Å². The summed E-state index contributed by atoms with van der Waals surface area (Å²) < 4.78 is 83.0. The molecule has 89 heavy (non-hydrogen) atoms. The average Bonchev–Trinajstić information content (AvgIpc) is 1.49. The number of benzene rings is 7. The van der Waals surface area contributed by atoms with Gasteiger partial charge in [0.25, 0.3) is 0 Å². The van der Waals surface area contributed by atoms with E-state index in [-0.39, 0.29) is 59.2 Å². The third-order valence-corrected chi connectivity index (χ3v) is 15.9. The van der Waals surface area contributed by atoms with Crippen molar-refractivity contribution in [2.24, 2.45) is 17.2 Å². The number of alkyl carbamates (subject to hydrolysis) is 1. The maximum atomic E-state index is 13.6. The van der Waals surface area contributed by atoms with Gasteiger partial charge in [-0.15, -0.1) is 0 Å². The normalized spacial score (nSPS) is 27.1. The summed E-state index contributed by atoms with van der Waals surface area (Å²) in [5.41, 5.74) is 27.8. The van der Waals surface area contributed by atoms with Gasteiger partial charge in [0.15, 0.2) is 12.6 Å². The summed E-state index contributed by atoms with van der Waals surface area (Å²) in [6.45, 7) is 6.82. The van der Waals surface area contributed by atoms with E-state index in [0.29, 0.717) is 6.61 Å². The number of carbonyl (C=O) groups excluding carboxylic acids is 1. The van der Waals surface area contributed by atoms with E-state index >= 15 is 0 Å². The van der Waals surface area contributed by atoms with Gasteiger partial charge in [-0.05, 0) is 66.1 Å². The summed E-state index contributed by atoms with van der Waals surface area (Å²) in [5.74, 6) is 0. The Bertz CT molecular complexity index is 3120. The van der Waals surface area contributed by atoms with Crippen LogP contribution in [0, 0.1) is 0 Å². The van der Waals surface area contributed by atoms with Gasteiger partial charge in [-0.2, -0.15) is 0 Å². The molecule has 1 unspecified atom stereocenters. The number of carbonyl (C=O) groups is 1. The van der Waals surface area contributed by atoms with Crippen LogP contribution in [0.15, 0.2) is 212 Å². The molecule has 3 fully saturated rings. The predicted octanol–water partition coefficient (Wildman–Crippen LogP) is 9.85. The van der Waals surface area contributed by atoms with Crippen molar-refractivity contribution in [1.82, 2.24) is 5.32 Å². The molecule has 17 heteroatoms. The van der Waals surface area contributed by atoms with E-state index in [1.165, 1.54) is 0 Å². The zero-order valence-electron chi connectivity index (χ0n) is 51.0. The summed E-state index contributed by atoms with van der Waals surface area (Å²) in [6, 6.07) is 66.7. The highest BCUT2D eigenvalue weighted by Crippen LogP contribution is 2.37. The topological polar surface area (TPSA) is 218 Å². The summed E-state index contributed by atoms with van der Waals surface area (Å²) in [7, 11) is 0. The van der Waals surface area contributed by atoms with Crippen molar-refractivity contribution in [1.29, 1.82) is 0 Å². The number of rotatable bonds is 28. The zero-order valence-corrected chi connectivity index (χ0v) is 51.0. The van der Waals surface area contributed by atoms with Gasteiger partial charge in [0.2, 0.25) is 0 Å². The third-order valence-electron chi connectivity index (χ3n) is 15.9. The lowest BCUT2D eigenvalue weighted by Gasteiger charge is -2.51. The van der Waals surface area contributed by atoms with Crippen molar-refractivity contribution in [3.05, 3.63) is 251 Å². The summed E-state index contributed by atoms with van der Waals surface area (Å²) in [4.78, 5) is 13.6. The minimum absolute atomic E-state index is 0.0674. The van der Waals surface area contributed by atoms with Gasteiger partial charge in [-0.1, -0.05) is 212 Å². The van der Waals surface area contributed by atoms with Gasteiger partial charge >= 0.3 is 6.09 Å². The first-order valence-corrected chi connectivity index (χ1v) is 30.8. The van der Waals surface area contributed by atoms with Crippen molar-refractivity contribution in [3.8, 4) is 0 Å². The van der Waals surface area contributed by atoms with Crippen molar-refractivity contribution in [2.75, 3.05) is 13.2 Å². The largest absolute Gasteiger partial charge is 0.444 e. The first-order valence-electron chi connectivity index (χ1n) is 30.8. The molecular formula is C72H86N4O13. The van der Waals surface area contributed by atoms with Crippen LogP contribution in [-0.2, 0) is 103 Å². The van der Waals surface area contributed by atoms with Crippen LogP contribution >= 0.6 is 0 Å². The summed E-state index contributed by atoms with van der Waals surface area (Å²) in [5, 5.41) is 2.96. The van der Waals surface area contributed by atoms with E-state index < -0.39 is 103 Å². The van der Waals surface area contributed by atoms with Gasteiger partial charge in [-0.3, -0.25) is 0 Å². The molecule has 1 aliphatic carbocycles. The van der Waals surface area contributed by atoms with Crippen LogP contribution in [0.3, 0.4) is 0 Å². The Labute approximate surface area is 523 Å². The Balaban J connectivity index is 1.01. The molecule has 15 atom stereocenters. The molecule has 2 aliphatic heterocycles. The molecule has 2 saturated heterocycles. The van der Waals surface area contributed by atoms with E-state index in [1.54, 1.807) is 20.8 Å².